The van der Waals surface area contributed by atoms with Crippen LogP contribution in [0.3, 0.4) is 0 Å². The van der Waals surface area contributed by atoms with Gasteiger partial charge in [0.05, 0.1) is 0 Å². The molecule has 1 heterocycles. The summed E-state index contributed by atoms with van der Waals surface area (Å²) in [4.78, 5) is 14.5. The number of hydrogen-bond donors (Lipinski definition) is 1. The average Bonchev–Trinajstić information content (AvgIpc) is 2.72. The minimum atomic E-state index is -0.521. The summed E-state index contributed by atoms with van der Waals surface area (Å²) >= 11 is 0. The van der Waals surface area contributed by atoms with Crippen LogP contribution in [-0.4, -0.2) is 23.9 Å². The first-order chi connectivity index (χ1) is 9.59. The van der Waals surface area contributed by atoms with Crippen LogP contribution in [0.1, 0.15) is 44.7 Å². The van der Waals surface area contributed by atoms with Gasteiger partial charge in [-0.05, 0) is 36.7 Å². The lowest BCUT2D eigenvalue weighted by atomic mass is 9.89. The third-order valence-electron chi connectivity index (χ3n) is 4.45. The highest BCUT2D eigenvalue weighted by atomic mass is 16.2. The number of hydrogen-bond acceptors (Lipinski definition) is 2. The van der Waals surface area contributed by atoms with E-state index in [4.69, 9.17) is 5.73 Å². The fourth-order valence-electron chi connectivity index (χ4n) is 3.01. The Hall–Kier alpha value is -1.35. The van der Waals surface area contributed by atoms with Crippen LogP contribution in [0.15, 0.2) is 30.3 Å². The number of nitrogens with zero attached hydrogens (tertiary/aromatic N) is 1. The molecule has 1 amide bonds. The van der Waals surface area contributed by atoms with Crippen molar-refractivity contribution in [2.75, 3.05) is 13.1 Å². The molecule has 3 heteroatoms. The fourth-order valence-corrected chi connectivity index (χ4v) is 3.01. The molecule has 0 radical (unpaired) electrons. The number of carbonyl (C=O) groups is 1. The first kappa shape index (κ1) is 15.0. The second kappa shape index (κ2) is 6.89. The molecule has 2 N–H and O–H groups in total. The van der Waals surface area contributed by atoms with Gasteiger partial charge in [0.15, 0.2) is 0 Å². The Labute approximate surface area is 122 Å². The lowest BCUT2D eigenvalue weighted by Gasteiger charge is -2.24. The normalized spacial score (nSPS) is 21.6. The highest BCUT2D eigenvalue weighted by molar-refractivity contribution is 5.83. The van der Waals surface area contributed by atoms with Gasteiger partial charge in [-0.1, -0.05) is 44.2 Å². The Morgan fingerprint density at radius 1 is 1.20 bits per heavy atom. The van der Waals surface area contributed by atoms with Crippen LogP contribution in [0.2, 0.25) is 0 Å². The lowest BCUT2D eigenvalue weighted by molar-refractivity contribution is -0.132. The molecule has 1 fully saturated rings. The van der Waals surface area contributed by atoms with Gasteiger partial charge in [0.2, 0.25) is 5.91 Å². The third-order valence-corrected chi connectivity index (χ3v) is 4.45. The van der Waals surface area contributed by atoms with Crippen LogP contribution in [0.5, 0.6) is 0 Å². The van der Waals surface area contributed by atoms with E-state index in [1.165, 1.54) is 6.42 Å². The minimum Gasteiger partial charge on any atom is -0.341 e. The third kappa shape index (κ3) is 3.60. The number of carbonyl (C=O) groups excluding carboxylic acids is 1. The van der Waals surface area contributed by atoms with Gasteiger partial charge in [-0.25, -0.2) is 0 Å². The van der Waals surface area contributed by atoms with Crippen LogP contribution in [0.4, 0.5) is 0 Å². The van der Waals surface area contributed by atoms with Gasteiger partial charge in [-0.15, -0.1) is 0 Å². The van der Waals surface area contributed by atoms with Gasteiger partial charge in [0, 0.05) is 13.1 Å². The van der Waals surface area contributed by atoms with Crippen molar-refractivity contribution >= 4 is 5.91 Å². The molecular formula is C17H26N2O. The summed E-state index contributed by atoms with van der Waals surface area (Å²) in [7, 11) is 0. The molecule has 2 rings (SSSR count). The molecule has 1 aromatic carbocycles. The molecule has 1 aromatic rings. The number of benzene rings is 1. The highest BCUT2D eigenvalue weighted by Crippen LogP contribution is 2.25. The van der Waals surface area contributed by atoms with Gasteiger partial charge in [0.25, 0.3) is 0 Å². The van der Waals surface area contributed by atoms with Crippen molar-refractivity contribution in [1.82, 2.24) is 4.90 Å². The lowest BCUT2D eigenvalue weighted by Crippen LogP contribution is -2.39. The topological polar surface area (TPSA) is 46.3 Å². The monoisotopic (exact) mass is 274 g/mol. The number of nitrogens with two attached hydrogens (primary N) is 1. The maximum absolute atomic E-state index is 12.5. The van der Waals surface area contributed by atoms with Gasteiger partial charge in [-0.3, -0.25) is 4.79 Å². The second-order valence-corrected chi connectivity index (χ2v) is 6.15. The Balaban J connectivity index is 1.99. The highest BCUT2D eigenvalue weighted by Gasteiger charge is 2.26. The van der Waals surface area contributed by atoms with Gasteiger partial charge in [-0.2, -0.15) is 0 Å². The molecule has 1 aliphatic heterocycles. The number of rotatable bonds is 3. The van der Waals surface area contributed by atoms with Crippen molar-refractivity contribution in [1.29, 1.82) is 0 Å². The quantitative estimate of drug-likeness (QED) is 0.921. The van der Waals surface area contributed by atoms with Crippen LogP contribution in [0.25, 0.3) is 0 Å². The first-order valence-corrected chi connectivity index (χ1v) is 7.69. The molecule has 0 bridgehead atoms. The molecule has 0 saturated carbocycles. The number of amides is 1. The van der Waals surface area contributed by atoms with E-state index >= 15 is 0 Å². The van der Waals surface area contributed by atoms with Crippen molar-refractivity contribution in [3.63, 3.8) is 0 Å². The molecular weight excluding hydrogens is 248 g/mol. The average molecular weight is 274 g/mol. The van der Waals surface area contributed by atoms with Gasteiger partial charge >= 0.3 is 0 Å². The molecule has 1 aliphatic rings. The summed E-state index contributed by atoms with van der Waals surface area (Å²) in [5, 5.41) is 0. The van der Waals surface area contributed by atoms with Crippen molar-refractivity contribution in [2.24, 2.45) is 17.6 Å². The molecule has 0 aliphatic carbocycles. The predicted octanol–water partition coefficient (Wildman–Crippen LogP) is 2.97. The van der Waals surface area contributed by atoms with E-state index in [1.807, 2.05) is 35.2 Å². The van der Waals surface area contributed by atoms with Crippen molar-refractivity contribution in [2.45, 2.75) is 39.2 Å². The van der Waals surface area contributed by atoms with E-state index in [0.29, 0.717) is 5.92 Å². The Kier molecular flexibility index (Phi) is 5.18. The fraction of sp³-hybridized carbons (Fsp3) is 0.588. The molecule has 2 atom stereocenters. The first-order valence-electron chi connectivity index (χ1n) is 7.69. The Morgan fingerprint density at radius 2 is 1.90 bits per heavy atom. The van der Waals surface area contributed by atoms with E-state index in [9.17, 15) is 4.79 Å². The van der Waals surface area contributed by atoms with Crippen molar-refractivity contribution in [3.05, 3.63) is 35.9 Å². The zero-order valence-corrected chi connectivity index (χ0v) is 12.6. The van der Waals surface area contributed by atoms with E-state index in [1.54, 1.807) is 0 Å². The smallest absolute Gasteiger partial charge is 0.244 e. The van der Waals surface area contributed by atoms with Crippen LogP contribution in [-0.2, 0) is 4.79 Å². The molecule has 1 saturated heterocycles. The zero-order valence-electron chi connectivity index (χ0n) is 12.6. The van der Waals surface area contributed by atoms with Crippen molar-refractivity contribution < 1.29 is 4.79 Å². The van der Waals surface area contributed by atoms with E-state index in [0.717, 1.165) is 37.4 Å². The maximum atomic E-state index is 12.5. The van der Waals surface area contributed by atoms with E-state index in [2.05, 4.69) is 13.8 Å². The van der Waals surface area contributed by atoms with E-state index in [-0.39, 0.29) is 5.91 Å². The summed E-state index contributed by atoms with van der Waals surface area (Å²) < 4.78 is 0. The zero-order chi connectivity index (χ0) is 14.5. The SMILES string of the molecule is CC(C)C1CCCN(C(=O)[C@@H](N)c2ccccc2)CC1. The second-order valence-electron chi connectivity index (χ2n) is 6.15. The molecule has 110 valence electrons. The van der Waals surface area contributed by atoms with Crippen molar-refractivity contribution in [3.8, 4) is 0 Å². The largest absolute Gasteiger partial charge is 0.341 e. The summed E-state index contributed by atoms with van der Waals surface area (Å²) in [5.41, 5.74) is 7.03. The molecule has 1 unspecified atom stereocenters. The molecule has 20 heavy (non-hydrogen) atoms. The van der Waals surface area contributed by atoms with Crippen LogP contribution < -0.4 is 5.73 Å². The standard InChI is InChI=1S/C17H26N2O/c1-13(2)14-9-6-11-19(12-10-14)17(20)16(18)15-7-4-3-5-8-15/h3-5,7-8,13-14,16H,6,9-12,18H2,1-2H3/t14?,16-/m0/s1. The summed E-state index contributed by atoms with van der Waals surface area (Å²) in [5.74, 6) is 1.51. The van der Waals surface area contributed by atoms with E-state index < -0.39 is 6.04 Å². The summed E-state index contributed by atoms with van der Waals surface area (Å²) in [6.45, 7) is 6.25. The van der Waals surface area contributed by atoms with Gasteiger partial charge < -0.3 is 10.6 Å². The molecule has 0 spiro atoms. The minimum absolute atomic E-state index is 0.0700. The van der Waals surface area contributed by atoms with Crippen LogP contribution in [0, 0.1) is 11.8 Å². The number of likely N-dealkylation sites (tertiary alicyclic amines) is 1. The summed E-state index contributed by atoms with van der Waals surface area (Å²) in [6.07, 6.45) is 3.42. The Bertz CT molecular complexity index is 430. The Morgan fingerprint density at radius 3 is 2.55 bits per heavy atom. The molecule has 3 nitrogen and oxygen atoms in total. The predicted molar refractivity (Wildman–Crippen MR) is 82.1 cm³/mol. The molecule has 0 aromatic heterocycles. The van der Waals surface area contributed by atoms with Crippen LogP contribution >= 0.6 is 0 Å². The van der Waals surface area contributed by atoms with Gasteiger partial charge in [0.1, 0.15) is 6.04 Å². The summed E-state index contributed by atoms with van der Waals surface area (Å²) in [6, 6.07) is 9.14. The maximum Gasteiger partial charge on any atom is 0.244 e.